The summed E-state index contributed by atoms with van der Waals surface area (Å²) in [5, 5.41) is 3.34. The first-order valence-electron chi connectivity index (χ1n) is 6.67. The summed E-state index contributed by atoms with van der Waals surface area (Å²) in [5.74, 6) is 1.87. The molecule has 0 spiro atoms. The zero-order valence-electron chi connectivity index (χ0n) is 11.4. The highest BCUT2D eigenvalue weighted by Gasteiger charge is 2.24. The van der Waals surface area contributed by atoms with Crippen molar-refractivity contribution in [2.45, 2.75) is 20.3 Å². The molecule has 0 bridgehead atoms. The second kappa shape index (κ2) is 4.24. The number of fused-ring (bicyclic) bond motifs is 2. The molecule has 4 rings (SSSR count). The van der Waals surface area contributed by atoms with Crippen LogP contribution in [0.2, 0.25) is 0 Å². The van der Waals surface area contributed by atoms with Crippen molar-refractivity contribution in [1.82, 2.24) is 15.0 Å². The molecule has 3 aromatic heterocycles. The summed E-state index contributed by atoms with van der Waals surface area (Å²) >= 11 is 1.69. The molecular weight excluding hydrogens is 268 g/mol. The summed E-state index contributed by atoms with van der Waals surface area (Å²) in [6, 6.07) is 2.08. The highest BCUT2D eigenvalue weighted by molar-refractivity contribution is 7.17. The fraction of sp³-hybridized carbons (Fsp3) is 0.267. The second-order valence-corrected chi connectivity index (χ2v) is 5.96. The molecule has 0 aromatic carbocycles. The first-order valence-corrected chi connectivity index (χ1v) is 7.55. The Labute approximate surface area is 121 Å². The fourth-order valence-electron chi connectivity index (χ4n) is 2.81. The predicted molar refractivity (Wildman–Crippen MR) is 81.8 cm³/mol. The normalized spacial score (nSPS) is 14.0. The molecule has 3 aromatic rings. The van der Waals surface area contributed by atoms with E-state index in [-0.39, 0.29) is 0 Å². The van der Waals surface area contributed by atoms with Gasteiger partial charge in [0.25, 0.3) is 0 Å². The maximum absolute atomic E-state index is 4.72. The summed E-state index contributed by atoms with van der Waals surface area (Å²) in [7, 11) is 0. The van der Waals surface area contributed by atoms with Crippen LogP contribution in [0.5, 0.6) is 0 Å². The Balaban J connectivity index is 1.98. The van der Waals surface area contributed by atoms with Crippen LogP contribution in [0.1, 0.15) is 17.0 Å². The van der Waals surface area contributed by atoms with Gasteiger partial charge in [0.1, 0.15) is 16.5 Å². The Morgan fingerprint density at radius 1 is 1.25 bits per heavy atom. The number of hydrogen-bond donors (Lipinski definition) is 0. The average molecular weight is 282 g/mol. The SMILES string of the molecule is Cc1nc(N2CCc3cnccc32)c2c(C)csc2n1. The summed E-state index contributed by atoms with van der Waals surface area (Å²) in [6.45, 7) is 5.05. The van der Waals surface area contributed by atoms with Crippen molar-refractivity contribution < 1.29 is 0 Å². The Morgan fingerprint density at radius 2 is 2.15 bits per heavy atom. The van der Waals surface area contributed by atoms with Crippen LogP contribution < -0.4 is 4.90 Å². The number of aryl methyl sites for hydroxylation is 2. The summed E-state index contributed by atoms with van der Waals surface area (Å²) in [5.41, 5.74) is 3.78. The van der Waals surface area contributed by atoms with Gasteiger partial charge in [-0.2, -0.15) is 0 Å². The number of hydrogen-bond acceptors (Lipinski definition) is 5. The smallest absolute Gasteiger partial charge is 0.145 e. The Morgan fingerprint density at radius 3 is 3.05 bits per heavy atom. The maximum atomic E-state index is 4.72. The van der Waals surface area contributed by atoms with Crippen LogP contribution in [0.4, 0.5) is 11.5 Å². The third-order valence-corrected chi connectivity index (χ3v) is 4.73. The van der Waals surface area contributed by atoms with Crippen LogP contribution in [-0.4, -0.2) is 21.5 Å². The molecule has 0 amide bonds. The van der Waals surface area contributed by atoms with Gasteiger partial charge in [-0.15, -0.1) is 11.3 Å². The van der Waals surface area contributed by atoms with Crippen molar-refractivity contribution in [3.8, 4) is 0 Å². The van der Waals surface area contributed by atoms with Gasteiger partial charge >= 0.3 is 0 Å². The molecule has 1 aliphatic rings. The van der Waals surface area contributed by atoms with Gasteiger partial charge in [0, 0.05) is 24.6 Å². The molecule has 20 heavy (non-hydrogen) atoms. The van der Waals surface area contributed by atoms with Crippen molar-refractivity contribution in [2.24, 2.45) is 0 Å². The molecule has 0 saturated heterocycles. The lowest BCUT2D eigenvalue weighted by molar-refractivity contribution is 0.960. The molecule has 4 heterocycles. The number of aromatic nitrogens is 3. The third-order valence-electron chi connectivity index (χ3n) is 3.74. The van der Waals surface area contributed by atoms with E-state index < -0.39 is 0 Å². The summed E-state index contributed by atoms with van der Waals surface area (Å²) in [6.07, 6.45) is 4.83. The molecule has 0 unspecified atom stereocenters. The van der Waals surface area contributed by atoms with Gasteiger partial charge < -0.3 is 4.90 Å². The van der Waals surface area contributed by atoms with E-state index in [4.69, 9.17) is 4.98 Å². The van der Waals surface area contributed by atoms with E-state index in [1.165, 1.54) is 22.2 Å². The number of rotatable bonds is 1. The molecule has 100 valence electrons. The van der Waals surface area contributed by atoms with Crippen LogP contribution in [0.3, 0.4) is 0 Å². The Kier molecular flexibility index (Phi) is 2.50. The molecule has 4 nitrogen and oxygen atoms in total. The van der Waals surface area contributed by atoms with Crippen LogP contribution in [-0.2, 0) is 6.42 Å². The Hall–Kier alpha value is -2.01. The number of anilines is 2. The third kappa shape index (κ3) is 1.63. The minimum Gasteiger partial charge on any atom is -0.325 e. The maximum Gasteiger partial charge on any atom is 0.145 e. The van der Waals surface area contributed by atoms with E-state index in [0.717, 1.165) is 29.4 Å². The van der Waals surface area contributed by atoms with Crippen molar-refractivity contribution >= 4 is 33.1 Å². The quantitative estimate of drug-likeness (QED) is 0.686. The Bertz CT molecular complexity index is 809. The van der Waals surface area contributed by atoms with Crippen molar-refractivity contribution in [1.29, 1.82) is 0 Å². The molecular formula is C15H14N4S. The van der Waals surface area contributed by atoms with E-state index in [1.807, 2.05) is 19.3 Å². The monoisotopic (exact) mass is 282 g/mol. The average Bonchev–Trinajstić information content (AvgIpc) is 3.02. The minimum atomic E-state index is 0.830. The minimum absolute atomic E-state index is 0.830. The van der Waals surface area contributed by atoms with Gasteiger partial charge in [-0.3, -0.25) is 4.98 Å². The van der Waals surface area contributed by atoms with Crippen molar-refractivity contribution in [2.75, 3.05) is 11.4 Å². The zero-order chi connectivity index (χ0) is 13.7. The highest BCUT2D eigenvalue weighted by Crippen LogP contribution is 2.38. The van der Waals surface area contributed by atoms with E-state index >= 15 is 0 Å². The standard InChI is InChI=1S/C15H14N4S/c1-9-8-20-15-13(9)14(17-10(2)18-15)19-6-4-11-7-16-5-3-12(11)19/h3,5,7-8H,4,6H2,1-2H3. The van der Waals surface area contributed by atoms with E-state index in [0.29, 0.717) is 0 Å². The van der Waals surface area contributed by atoms with Crippen LogP contribution >= 0.6 is 11.3 Å². The molecule has 0 radical (unpaired) electrons. The van der Waals surface area contributed by atoms with Crippen LogP contribution in [0.15, 0.2) is 23.8 Å². The van der Waals surface area contributed by atoms with Gasteiger partial charge in [0.15, 0.2) is 0 Å². The predicted octanol–water partition coefficient (Wildman–Crippen LogP) is 3.40. The van der Waals surface area contributed by atoms with Gasteiger partial charge in [-0.05, 0) is 42.8 Å². The molecule has 5 heteroatoms. The number of nitrogens with zero attached hydrogens (tertiary/aromatic N) is 4. The topological polar surface area (TPSA) is 41.9 Å². The highest BCUT2D eigenvalue weighted by atomic mass is 32.1. The second-order valence-electron chi connectivity index (χ2n) is 5.10. The number of pyridine rings is 1. The van der Waals surface area contributed by atoms with Gasteiger partial charge in [-0.25, -0.2) is 9.97 Å². The van der Waals surface area contributed by atoms with Gasteiger partial charge in [0.2, 0.25) is 0 Å². The lowest BCUT2D eigenvalue weighted by Crippen LogP contribution is -2.16. The zero-order valence-corrected chi connectivity index (χ0v) is 12.2. The van der Waals surface area contributed by atoms with E-state index in [9.17, 15) is 0 Å². The lowest BCUT2D eigenvalue weighted by Gasteiger charge is -2.19. The van der Waals surface area contributed by atoms with Gasteiger partial charge in [0.05, 0.1) is 5.39 Å². The van der Waals surface area contributed by atoms with Crippen molar-refractivity contribution in [3.05, 3.63) is 40.8 Å². The number of thiophene rings is 1. The molecule has 0 fully saturated rings. The molecule has 0 N–H and O–H groups in total. The van der Waals surface area contributed by atoms with Crippen molar-refractivity contribution in [3.63, 3.8) is 0 Å². The van der Waals surface area contributed by atoms with Gasteiger partial charge in [-0.1, -0.05) is 0 Å². The van der Waals surface area contributed by atoms with Crippen LogP contribution in [0.25, 0.3) is 10.2 Å². The first kappa shape index (κ1) is 11.8. The summed E-state index contributed by atoms with van der Waals surface area (Å²) < 4.78 is 0. The van der Waals surface area contributed by atoms with E-state index in [1.54, 1.807) is 11.3 Å². The van der Waals surface area contributed by atoms with Crippen LogP contribution in [0, 0.1) is 13.8 Å². The summed E-state index contributed by atoms with van der Waals surface area (Å²) in [4.78, 5) is 16.9. The van der Waals surface area contributed by atoms with E-state index in [2.05, 4.69) is 33.2 Å². The molecule has 0 saturated carbocycles. The fourth-order valence-corrected chi connectivity index (χ4v) is 3.77. The molecule has 0 aliphatic carbocycles. The first-order chi connectivity index (χ1) is 9.74. The molecule has 1 aliphatic heterocycles. The molecule has 0 atom stereocenters. The lowest BCUT2D eigenvalue weighted by atomic mass is 10.2. The largest absolute Gasteiger partial charge is 0.325 e.